The number of non-ortho nitro benzene ring substituents is 1. The van der Waals surface area contributed by atoms with Gasteiger partial charge < -0.3 is 4.90 Å². The molecule has 21 heavy (non-hydrogen) atoms. The van der Waals surface area contributed by atoms with Gasteiger partial charge in [-0.25, -0.2) is 0 Å². The number of carbonyl (C=O) groups excluding carboxylic acids is 1. The molecule has 5 nitrogen and oxygen atoms in total. The fourth-order valence-electron chi connectivity index (χ4n) is 1.79. The Morgan fingerprint density at radius 3 is 2.38 bits per heavy atom. The van der Waals surface area contributed by atoms with E-state index in [9.17, 15) is 14.9 Å². The van der Waals surface area contributed by atoms with E-state index in [1.807, 2.05) is 0 Å². The van der Waals surface area contributed by atoms with Crippen LogP contribution in [0.15, 0.2) is 46.9 Å². The van der Waals surface area contributed by atoms with E-state index in [4.69, 9.17) is 11.6 Å². The number of rotatable bonds is 3. The Balaban J connectivity index is 2.28. The van der Waals surface area contributed by atoms with Crippen molar-refractivity contribution in [2.45, 2.75) is 0 Å². The highest BCUT2D eigenvalue weighted by molar-refractivity contribution is 9.10. The standard InChI is InChI=1S/C14H10BrClN2O3/c1-17(12-2-4-13(5-3-12)18(20)21)14(19)9-6-10(15)8-11(16)7-9/h2-8H,1H3. The molecule has 1 amide bonds. The molecule has 0 saturated heterocycles. The molecular weight excluding hydrogens is 360 g/mol. The van der Waals surface area contributed by atoms with E-state index in [0.717, 1.165) is 0 Å². The van der Waals surface area contributed by atoms with Gasteiger partial charge >= 0.3 is 0 Å². The lowest BCUT2D eigenvalue weighted by atomic mass is 10.2. The number of carbonyl (C=O) groups is 1. The zero-order valence-electron chi connectivity index (χ0n) is 10.9. The summed E-state index contributed by atoms with van der Waals surface area (Å²) in [6.45, 7) is 0. The molecule has 0 N–H and O–H groups in total. The van der Waals surface area contributed by atoms with Gasteiger partial charge in [-0.2, -0.15) is 0 Å². The second-order valence-electron chi connectivity index (χ2n) is 4.30. The van der Waals surface area contributed by atoms with Crippen molar-refractivity contribution in [3.63, 3.8) is 0 Å². The smallest absolute Gasteiger partial charge is 0.269 e. The first kappa shape index (κ1) is 15.5. The summed E-state index contributed by atoms with van der Waals surface area (Å²) in [7, 11) is 1.60. The monoisotopic (exact) mass is 368 g/mol. The maximum absolute atomic E-state index is 12.4. The van der Waals surface area contributed by atoms with Crippen LogP contribution >= 0.6 is 27.5 Å². The quantitative estimate of drug-likeness (QED) is 0.599. The number of hydrogen-bond donors (Lipinski definition) is 0. The van der Waals surface area contributed by atoms with Crippen LogP contribution in [0.25, 0.3) is 0 Å². The van der Waals surface area contributed by atoms with Gasteiger partial charge in [0.25, 0.3) is 11.6 Å². The molecule has 0 unspecified atom stereocenters. The van der Waals surface area contributed by atoms with E-state index < -0.39 is 4.92 Å². The predicted molar refractivity (Wildman–Crippen MR) is 85.0 cm³/mol. The SMILES string of the molecule is CN(C(=O)c1cc(Cl)cc(Br)c1)c1ccc([N+](=O)[O-])cc1. The minimum Gasteiger partial charge on any atom is -0.311 e. The molecule has 0 saturated carbocycles. The highest BCUT2D eigenvalue weighted by Crippen LogP contribution is 2.23. The third-order valence-electron chi connectivity index (χ3n) is 2.86. The van der Waals surface area contributed by atoms with E-state index in [0.29, 0.717) is 20.7 Å². The van der Waals surface area contributed by atoms with Crippen LogP contribution in [0.4, 0.5) is 11.4 Å². The average Bonchev–Trinajstić information content (AvgIpc) is 2.44. The molecule has 0 aliphatic carbocycles. The van der Waals surface area contributed by atoms with Crippen molar-refractivity contribution >= 4 is 44.8 Å². The number of nitrogens with zero attached hydrogens (tertiary/aromatic N) is 2. The van der Waals surface area contributed by atoms with Crippen molar-refractivity contribution in [2.75, 3.05) is 11.9 Å². The fourth-order valence-corrected chi connectivity index (χ4v) is 2.65. The molecule has 0 aliphatic rings. The van der Waals surface area contributed by atoms with Crippen LogP contribution in [0, 0.1) is 10.1 Å². The first-order valence-electron chi connectivity index (χ1n) is 5.87. The minimum absolute atomic E-state index is 0.0231. The van der Waals surface area contributed by atoms with Crippen LogP contribution in [0.3, 0.4) is 0 Å². The number of benzene rings is 2. The van der Waals surface area contributed by atoms with E-state index >= 15 is 0 Å². The van der Waals surface area contributed by atoms with Crippen molar-refractivity contribution < 1.29 is 9.72 Å². The molecule has 108 valence electrons. The van der Waals surface area contributed by atoms with Gasteiger partial charge in [0.1, 0.15) is 0 Å². The van der Waals surface area contributed by atoms with E-state index in [1.54, 1.807) is 25.2 Å². The molecule has 7 heteroatoms. The van der Waals surface area contributed by atoms with Crippen LogP contribution in [-0.4, -0.2) is 17.9 Å². The minimum atomic E-state index is -0.486. The van der Waals surface area contributed by atoms with Gasteiger partial charge in [0, 0.05) is 39.9 Å². The van der Waals surface area contributed by atoms with Crippen LogP contribution < -0.4 is 4.90 Å². The van der Waals surface area contributed by atoms with E-state index in [-0.39, 0.29) is 11.6 Å². The summed E-state index contributed by atoms with van der Waals surface area (Å²) in [6, 6.07) is 10.7. The third kappa shape index (κ3) is 3.59. The largest absolute Gasteiger partial charge is 0.311 e. The Hall–Kier alpha value is -1.92. The van der Waals surface area contributed by atoms with Crippen molar-refractivity contribution in [1.82, 2.24) is 0 Å². The van der Waals surface area contributed by atoms with Gasteiger partial charge in [-0.15, -0.1) is 0 Å². The predicted octanol–water partition coefficient (Wildman–Crippen LogP) is 4.29. The van der Waals surface area contributed by atoms with Gasteiger partial charge in [0.15, 0.2) is 0 Å². The number of halogens is 2. The maximum atomic E-state index is 12.4. The fraction of sp³-hybridized carbons (Fsp3) is 0.0714. The van der Waals surface area contributed by atoms with Gasteiger partial charge in [0.05, 0.1) is 4.92 Å². The van der Waals surface area contributed by atoms with Crippen LogP contribution in [-0.2, 0) is 0 Å². The molecule has 2 rings (SSSR count). The van der Waals surface area contributed by atoms with E-state index in [1.165, 1.54) is 29.2 Å². The van der Waals surface area contributed by atoms with Crippen molar-refractivity contribution in [1.29, 1.82) is 0 Å². The first-order valence-corrected chi connectivity index (χ1v) is 7.04. The molecule has 0 aromatic heterocycles. The number of nitro groups is 1. The van der Waals surface area contributed by atoms with Crippen LogP contribution in [0.5, 0.6) is 0 Å². The number of nitro benzene ring substituents is 1. The Bertz CT molecular complexity index is 684. The molecular formula is C14H10BrClN2O3. The topological polar surface area (TPSA) is 63.5 Å². The van der Waals surface area contributed by atoms with Crippen molar-refractivity contribution in [3.05, 3.63) is 67.6 Å². The Labute approximate surface area is 134 Å². The summed E-state index contributed by atoms with van der Waals surface area (Å²) < 4.78 is 0.704. The van der Waals surface area contributed by atoms with Crippen molar-refractivity contribution in [3.8, 4) is 0 Å². The summed E-state index contributed by atoms with van der Waals surface area (Å²) in [6.07, 6.45) is 0. The molecule has 0 aliphatic heterocycles. The lowest BCUT2D eigenvalue weighted by molar-refractivity contribution is -0.384. The molecule has 0 spiro atoms. The Morgan fingerprint density at radius 1 is 1.24 bits per heavy atom. The summed E-state index contributed by atoms with van der Waals surface area (Å²) in [5.41, 5.74) is 0.960. The van der Waals surface area contributed by atoms with Crippen LogP contribution in [0.1, 0.15) is 10.4 Å². The summed E-state index contributed by atoms with van der Waals surface area (Å²) >= 11 is 9.21. The lowest BCUT2D eigenvalue weighted by Gasteiger charge is -2.17. The second-order valence-corrected chi connectivity index (χ2v) is 5.65. The van der Waals surface area contributed by atoms with Gasteiger partial charge in [-0.1, -0.05) is 27.5 Å². The van der Waals surface area contributed by atoms with Crippen molar-refractivity contribution in [2.24, 2.45) is 0 Å². The summed E-state index contributed by atoms with van der Waals surface area (Å²) in [4.78, 5) is 23.9. The van der Waals surface area contributed by atoms with Gasteiger partial charge in [0.2, 0.25) is 0 Å². The molecule has 0 atom stereocenters. The number of anilines is 1. The molecule has 0 bridgehead atoms. The molecule has 2 aromatic carbocycles. The molecule has 0 heterocycles. The van der Waals surface area contributed by atoms with E-state index in [2.05, 4.69) is 15.9 Å². The zero-order chi connectivity index (χ0) is 15.6. The highest BCUT2D eigenvalue weighted by atomic mass is 79.9. The maximum Gasteiger partial charge on any atom is 0.269 e. The third-order valence-corrected chi connectivity index (χ3v) is 3.54. The molecule has 0 fully saturated rings. The molecule has 2 aromatic rings. The van der Waals surface area contributed by atoms with Gasteiger partial charge in [-0.05, 0) is 30.3 Å². The molecule has 0 radical (unpaired) electrons. The first-order chi connectivity index (χ1) is 9.88. The average molecular weight is 370 g/mol. The second kappa shape index (κ2) is 6.24. The Kier molecular flexibility index (Phi) is 4.59. The number of amides is 1. The van der Waals surface area contributed by atoms with Crippen LogP contribution in [0.2, 0.25) is 5.02 Å². The van der Waals surface area contributed by atoms with Gasteiger partial charge in [-0.3, -0.25) is 14.9 Å². The number of hydrogen-bond acceptors (Lipinski definition) is 3. The normalized spacial score (nSPS) is 10.2. The summed E-state index contributed by atoms with van der Waals surface area (Å²) in [5, 5.41) is 11.1. The zero-order valence-corrected chi connectivity index (χ0v) is 13.3. The Morgan fingerprint density at radius 2 is 1.86 bits per heavy atom. The summed E-state index contributed by atoms with van der Waals surface area (Å²) in [5.74, 6) is -0.257. The lowest BCUT2D eigenvalue weighted by Crippen LogP contribution is -2.26. The highest BCUT2D eigenvalue weighted by Gasteiger charge is 2.15.